The molecule has 0 aliphatic carbocycles. The summed E-state index contributed by atoms with van der Waals surface area (Å²) < 4.78 is 0. The molecule has 11 heavy (non-hydrogen) atoms. The van der Waals surface area contributed by atoms with Crippen molar-refractivity contribution in [1.82, 2.24) is 4.90 Å². The third-order valence-electron chi connectivity index (χ3n) is 1.64. The molecule has 0 saturated carbocycles. The molecule has 0 aromatic rings. The van der Waals surface area contributed by atoms with Crippen molar-refractivity contribution in [3.8, 4) is 0 Å². The number of nitrogens with two attached hydrogens (primary N) is 1. The van der Waals surface area contributed by atoms with E-state index in [1.165, 1.54) is 6.08 Å². The van der Waals surface area contributed by atoms with E-state index in [2.05, 4.69) is 11.8 Å². The highest BCUT2D eigenvalue weighted by molar-refractivity contribution is 5.85. The van der Waals surface area contributed by atoms with Crippen molar-refractivity contribution in [2.75, 3.05) is 14.1 Å². The van der Waals surface area contributed by atoms with E-state index in [0.29, 0.717) is 6.04 Å². The topological polar surface area (TPSA) is 46.3 Å². The van der Waals surface area contributed by atoms with Crippen LogP contribution in [0.5, 0.6) is 0 Å². The Morgan fingerprint density at radius 1 is 1.64 bits per heavy atom. The first kappa shape index (κ1) is 10.2. The molecule has 3 nitrogen and oxygen atoms in total. The second-order valence-corrected chi connectivity index (χ2v) is 2.85. The van der Waals surface area contributed by atoms with Crippen LogP contribution in [0.4, 0.5) is 0 Å². The standard InChI is InChI=1S/C8H16N2O/c1-7(10(2)3)5-4-6-8(9)11/h4,6-7H,5H2,1-3H3,(H2,9,11). The predicted octanol–water partition coefficient (Wildman–Crippen LogP) is 0.368. The van der Waals surface area contributed by atoms with Gasteiger partial charge in [0.25, 0.3) is 0 Å². The van der Waals surface area contributed by atoms with Gasteiger partial charge in [-0.3, -0.25) is 4.79 Å². The van der Waals surface area contributed by atoms with Gasteiger partial charge >= 0.3 is 0 Å². The summed E-state index contributed by atoms with van der Waals surface area (Å²) in [5, 5.41) is 0. The molecule has 2 N–H and O–H groups in total. The Hall–Kier alpha value is -0.830. The molecule has 0 fully saturated rings. The normalized spacial score (nSPS) is 14.2. The lowest BCUT2D eigenvalue weighted by atomic mass is 10.2. The SMILES string of the molecule is CC(CC=CC(N)=O)N(C)C. The summed E-state index contributed by atoms with van der Waals surface area (Å²) in [5.41, 5.74) is 4.92. The van der Waals surface area contributed by atoms with Crippen molar-refractivity contribution in [1.29, 1.82) is 0 Å². The Bertz CT molecular complexity index is 152. The zero-order chi connectivity index (χ0) is 8.85. The second kappa shape index (κ2) is 4.91. The first-order chi connectivity index (χ1) is 5.04. The lowest BCUT2D eigenvalue weighted by Gasteiger charge is -2.17. The van der Waals surface area contributed by atoms with E-state index in [0.717, 1.165) is 6.42 Å². The number of primary amides is 1. The lowest BCUT2D eigenvalue weighted by Crippen LogP contribution is -2.23. The molecule has 3 heteroatoms. The van der Waals surface area contributed by atoms with Gasteiger partial charge in [0.05, 0.1) is 0 Å². The molecule has 1 unspecified atom stereocenters. The van der Waals surface area contributed by atoms with Crippen molar-refractivity contribution in [2.24, 2.45) is 5.73 Å². The molecule has 0 spiro atoms. The Morgan fingerprint density at radius 2 is 2.18 bits per heavy atom. The molecule has 64 valence electrons. The van der Waals surface area contributed by atoms with Crippen LogP contribution >= 0.6 is 0 Å². The monoisotopic (exact) mass is 156 g/mol. The number of carbonyl (C=O) groups is 1. The average Bonchev–Trinajstić information content (AvgIpc) is 1.86. The fourth-order valence-corrected chi connectivity index (χ4v) is 0.592. The fraction of sp³-hybridized carbons (Fsp3) is 0.625. The Kier molecular flexibility index (Phi) is 4.54. The third kappa shape index (κ3) is 5.61. The molecule has 0 radical (unpaired) electrons. The summed E-state index contributed by atoms with van der Waals surface area (Å²) in [5.74, 6) is -0.379. The third-order valence-corrected chi connectivity index (χ3v) is 1.64. The van der Waals surface area contributed by atoms with Crippen LogP contribution in [0.15, 0.2) is 12.2 Å². The van der Waals surface area contributed by atoms with E-state index in [1.54, 1.807) is 6.08 Å². The highest BCUT2D eigenvalue weighted by Gasteiger charge is 2.00. The minimum atomic E-state index is -0.379. The lowest BCUT2D eigenvalue weighted by molar-refractivity contribution is -0.113. The molecule has 0 rings (SSSR count). The molecule has 0 aliphatic rings. The highest BCUT2D eigenvalue weighted by Crippen LogP contribution is 1.98. The van der Waals surface area contributed by atoms with Gasteiger partial charge in [-0.25, -0.2) is 0 Å². The van der Waals surface area contributed by atoms with Gasteiger partial charge in [0.1, 0.15) is 0 Å². The molecule has 1 amide bonds. The summed E-state index contributed by atoms with van der Waals surface area (Å²) in [6.07, 6.45) is 4.06. The summed E-state index contributed by atoms with van der Waals surface area (Å²) in [7, 11) is 4.01. The zero-order valence-corrected chi connectivity index (χ0v) is 7.37. The van der Waals surface area contributed by atoms with Gasteiger partial charge < -0.3 is 10.6 Å². The number of carbonyl (C=O) groups excluding carboxylic acids is 1. The van der Waals surface area contributed by atoms with Crippen LogP contribution in [0, 0.1) is 0 Å². The number of hydrogen-bond acceptors (Lipinski definition) is 2. The molecular weight excluding hydrogens is 140 g/mol. The molecule has 0 bridgehead atoms. The van der Waals surface area contributed by atoms with Crippen molar-refractivity contribution in [3.63, 3.8) is 0 Å². The van der Waals surface area contributed by atoms with Crippen LogP contribution in [0.3, 0.4) is 0 Å². The maximum absolute atomic E-state index is 10.3. The van der Waals surface area contributed by atoms with E-state index < -0.39 is 0 Å². The van der Waals surface area contributed by atoms with Crippen LogP contribution in [0.25, 0.3) is 0 Å². The van der Waals surface area contributed by atoms with E-state index in [1.807, 2.05) is 14.1 Å². The number of nitrogens with zero attached hydrogens (tertiary/aromatic N) is 1. The van der Waals surface area contributed by atoms with Crippen molar-refractivity contribution in [3.05, 3.63) is 12.2 Å². The minimum Gasteiger partial charge on any atom is -0.366 e. The maximum atomic E-state index is 10.3. The first-order valence-electron chi connectivity index (χ1n) is 3.66. The minimum absolute atomic E-state index is 0.379. The van der Waals surface area contributed by atoms with Crippen LogP contribution in [0.2, 0.25) is 0 Å². The van der Waals surface area contributed by atoms with Gasteiger partial charge in [-0.2, -0.15) is 0 Å². The molecule has 0 aromatic carbocycles. The van der Waals surface area contributed by atoms with Crippen molar-refractivity contribution < 1.29 is 4.79 Å². The van der Waals surface area contributed by atoms with E-state index >= 15 is 0 Å². The van der Waals surface area contributed by atoms with Gasteiger partial charge in [0.15, 0.2) is 0 Å². The van der Waals surface area contributed by atoms with Gasteiger partial charge in [-0.1, -0.05) is 6.08 Å². The van der Waals surface area contributed by atoms with E-state index in [-0.39, 0.29) is 5.91 Å². The fourth-order valence-electron chi connectivity index (χ4n) is 0.592. The highest BCUT2D eigenvalue weighted by atomic mass is 16.1. The molecular formula is C8H16N2O. The van der Waals surface area contributed by atoms with Gasteiger partial charge in [-0.05, 0) is 33.5 Å². The zero-order valence-electron chi connectivity index (χ0n) is 7.37. The molecule has 1 atom stereocenters. The van der Waals surface area contributed by atoms with Gasteiger partial charge in [0.2, 0.25) is 5.91 Å². The second-order valence-electron chi connectivity index (χ2n) is 2.85. The van der Waals surface area contributed by atoms with Gasteiger partial charge in [0, 0.05) is 6.04 Å². The summed E-state index contributed by atoms with van der Waals surface area (Å²) in [6, 6.07) is 0.450. The number of rotatable bonds is 4. The van der Waals surface area contributed by atoms with E-state index in [9.17, 15) is 4.79 Å². The average molecular weight is 156 g/mol. The summed E-state index contributed by atoms with van der Waals surface area (Å²) in [4.78, 5) is 12.4. The summed E-state index contributed by atoms with van der Waals surface area (Å²) >= 11 is 0. The Morgan fingerprint density at radius 3 is 2.55 bits per heavy atom. The van der Waals surface area contributed by atoms with Crippen molar-refractivity contribution in [2.45, 2.75) is 19.4 Å². The molecule has 0 aliphatic heterocycles. The molecule has 0 aromatic heterocycles. The van der Waals surface area contributed by atoms with Crippen LogP contribution in [0.1, 0.15) is 13.3 Å². The quantitative estimate of drug-likeness (QED) is 0.598. The molecule has 0 heterocycles. The smallest absolute Gasteiger partial charge is 0.241 e. The number of amides is 1. The maximum Gasteiger partial charge on any atom is 0.241 e. The summed E-state index contributed by atoms with van der Waals surface area (Å²) in [6.45, 7) is 2.09. The largest absolute Gasteiger partial charge is 0.366 e. The van der Waals surface area contributed by atoms with Crippen molar-refractivity contribution >= 4 is 5.91 Å². The van der Waals surface area contributed by atoms with E-state index in [4.69, 9.17) is 5.73 Å². The van der Waals surface area contributed by atoms with Crippen LogP contribution < -0.4 is 5.73 Å². The molecule has 0 saturated heterocycles. The van der Waals surface area contributed by atoms with Gasteiger partial charge in [-0.15, -0.1) is 0 Å². The number of hydrogen-bond donors (Lipinski definition) is 1. The van der Waals surface area contributed by atoms with Crippen LogP contribution in [-0.4, -0.2) is 30.9 Å². The Labute approximate surface area is 67.9 Å². The first-order valence-corrected chi connectivity index (χ1v) is 3.66. The van der Waals surface area contributed by atoms with Crippen LogP contribution in [-0.2, 0) is 4.79 Å². The predicted molar refractivity (Wildman–Crippen MR) is 46.1 cm³/mol. The Balaban J connectivity index is 3.61.